The summed E-state index contributed by atoms with van der Waals surface area (Å²) in [5.41, 5.74) is 2.25. The number of aryl methyl sites for hydroxylation is 1. The van der Waals surface area contributed by atoms with Gasteiger partial charge < -0.3 is 20.5 Å². The highest BCUT2D eigenvalue weighted by Crippen LogP contribution is 2.33. The third-order valence-electron chi connectivity index (χ3n) is 5.38. The van der Waals surface area contributed by atoms with Crippen LogP contribution in [0.1, 0.15) is 73.9 Å². The maximum atomic E-state index is 11.9. The average Bonchev–Trinajstić information content (AvgIpc) is 2.80. The van der Waals surface area contributed by atoms with Gasteiger partial charge in [0.1, 0.15) is 11.5 Å². The summed E-state index contributed by atoms with van der Waals surface area (Å²) in [5, 5.41) is 16.2. The molecule has 0 radical (unpaired) electrons. The molecule has 3 N–H and O–H groups in total. The van der Waals surface area contributed by atoms with Gasteiger partial charge in [-0.05, 0) is 75.6 Å². The maximum Gasteiger partial charge on any atom is 0.314 e. The van der Waals surface area contributed by atoms with Crippen LogP contribution in [0.25, 0.3) is 0 Å². The number of hydrogen-bond donors (Lipinski definition) is 3. The Kier molecular flexibility index (Phi) is 11.8. The van der Waals surface area contributed by atoms with Gasteiger partial charge in [-0.3, -0.25) is 9.78 Å². The average molecular weight is 456 g/mol. The standard InChI is InChI=1S/C26H37N3O4/c1-3-10-23-24(14-13-22(20(2)30)25(23)31)33-18-8-4-6-16-28-26(32)29-17-7-5-11-21-12-9-15-27-19-21/h9,12-15,19,31H,3-8,10-11,16-18H2,1-2H3,(H2,28,29,32). The van der Waals surface area contributed by atoms with Crippen LogP contribution in [0.4, 0.5) is 4.79 Å². The Morgan fingerprint density at radius 2 is 1.76 bits per heavy atom. The number of carbonyl (C=O) groups excluding carboxylic acids is 2. The lowest BCUT2D eigenvalue weighted by molar-refractivity contribution is 0.101. The molecule has 7 nitrogen and oxygen atoms in total. The van der Waals surface area contributed by atoms with Crippen molar-refractivity contribution in [1.82, 2.24) is 15.6 Å². The van der Waals surface area contributed by atoms with Gasteiger partial charge in [-0.15, -0.1) is 0 Å². The van der Waals surface area contributed by atoms with Gasteiger partial charge in [0.05, 0.1) is 12.2 Å². The lowest BCUT2D eigenvalue weighted by atomic mass is 10.0. The minimum Gasteiger partial charge on any atom is -0.507 e. The largest absolute Gasteiger partial charge is 0.507 e. The first-order valence-electron chi connectivity index (χ1n) is 11.9. The first-order chi connectivity index (χ1) is 16.0. The number of ether oxygens (including phenoxy) is 1. The Morgan fingerprint density at radius 1 is 1.00 bits per heavy atom. The van der Waals surface area contributed by atoms with Crippen molar-refractivity contribution in [2.45, 2.75) is 65.2 Å². The highest BCUT2D eigenvalue weighted by Gasteiger charge is 2.15. The van der Waals surface area contributed by atoms with Crippen molar-refractivity contribution in [2.75, 3.05) is 19.7 Å². The minimum absolute atomic E-state index is 0.0362. The van der Waals surface area contributed by atoms with Gasteiger partial charge in [-0.2, -0.15) is 0 Å². The molecule has 0 spiro atoms. The number of nitrogens with one attached hydrogen (secondary N) is 2. The summed E-state index contributed by atoms with van der Waals surface area (Å²) in [6.45, 7) is 5.28. The van der Waals surface area contributed by atoms with E-state index in [0.717, 1.165) is 44.9 Å². The minimum atomic E-state index is -0.155. The second-order valence-corrected chi connectivity index (χ2v) is 8.15. The Morgan fingerprint density at radius 3 is 2.42 bits per heavy atom. The highest BCUT2D eigenvalue weighted by molar-refractivity contribution is 5.97. The number of pyridine rings is 1. The van der Waals surface area contributed by atoms with Crippen molar-refractivity contribution >= 4 is 11.8 Å². The van der Waals surface area contributed by atoms with E-state index in [2.05, 4.69) is 21.7 Å². The molecule has 0 bridgehead atoms. The van der Waals surface area contributed by atoms with Gasteiger partial charge in [0.15, 0.2) is 5.78 Å². The van der Waals surface area contributed by atoms with Gasteiger partial charge >= 0.3 is 6.03 Å². The highest BCUT2D eigenvalue weighted by atomic mass is 16.5. The van der Waals surface area contributed by atoms with Crippen LogP contribution in [0.15, 0.2) is 36.7 Å². The second kappa shape index (κ2) is 14.9. The number of aromatic hydroxyl groups is 1. The number of rotatable bonds is 15. The number of Topliss-reactive ketones (excluding diaryl/α,β-unsaturated/α-hetero) is 1. The maximum absolute atomic E-state index is 11.9. The molecular weight excluding hydrogens is 418 g/mol. The molecule has 0 fully saturated rings. The number of benzene rings is 1. The first-order valence-corrected chi connectivity index (χ1v) is 11.9. The Hall–Kier alpha value is -3.09. The molecule has 33 heavy (non-hydrogen) atoms. The first kappa shape index (κ1) is 26.2. The molecule has 180 valence electrons. The number of unbranched alkanes of at least 4 members (excludes halogenated alkanes) is 3. The molecular formula is C26H37N3O4. The van der Waals surface area contributed by atoms with E-state index >= 15 is 0 Å². The SMILES string of the molecule is CCCc1c(OCCCCCNC(=O)NCCCCc2cccnc2)ccc(C(C)=O)c1O. The van der Waals surface area contributed by atoms with Gasteiger partial charge in [-0.1, -0.05) is 19.4 Å². The number of aromatic nitrogens is 1. The fraction of sp³-hybridized carbons (Fsp3) is 0.500. The Balaban J connectivity index is 1.54. The number of amides is 2. The second-order valence-electron chi connectivity index (χ2n) is 8.15. The molecule has 0 saturated carbocycles. The number of ketones is 1. The summed E-state index contributed by atoms with van der Waals surface area (Å²) >= 11 is 0. The summed E-state index contributed by atoms with van der Waals surface area (Å²) in [7, 11) is 0. The quantitative estimate of drug-likeness (QED) is 0.264. The number of nitrogens with zero attached hydrogens (tertiary/aromatic N) is 1. The Bertz CT molecular complexity index is 871. The van der Waals surface area contributed by atoms with E-state index in [9.17, 15) is 14.7 Å². The molecule has 1 aromatic carbocycles. The van der Waals surface area contributed by atoms with E-state index < -0.39 is 0 Å². The fourth-order valence-electron chi connectivity index (χ4n) is 3.58. The summed E-state index contributed by atoms with van der Waals surface area (Å²) in [5.74, 6) is 0.521. The van der Waals surface area contributed by atoms with Crippen LogP contribution >= 0.6 is 0 Å². The molecule has 2 rings (SSSR count). The molecule has 0 aliphatic carbocycles. The molecule has 0 saturated heterocycles. The van der Waals surface area contributed by atoms with Crippen LogP contribution < -0.4 is 15.4 Å². The van der Waals surface area contributed by atoms with E-state index in [0.29, 0.717) is 43.0 Å². The zero-order valence-electron chi connectivity index (χ0n) is 19.9. The summed E-state index contributed by atoms with van der Waals surface area (Å²) in [6, 6.07) is 7.26. The summed E-state index contributed by atoms with van der Waals surface area (Å²) in [6.07, 6.45) is 10.7. The zero-order valence-corrected chi connectivity index (χ0v) is 19.9. The Labute approximate surface area is 197 Å². The van der Waals surface area contributed by atoms with Crippen molar-refractivity contribution in [2.24, 2.45) is 0 Å². The van der Waals surface area contributed by atoms with Gasteiger partial charge in [0, 0.05) is 31.0 Å². The molecule has 0 aliphatic rings. The predicted molar refractivity (Wildman–Crippen MR) is 130 cm³/mol. The van der Waals surface area contributed by atoms with Gasteiger partial charge in [-0.25, -0.2) is 4.79 Å². The van der Waals surface area contributed by atoms with Crippen LogP contribution in [-0.2, 0) is 12.8 Å². The van der Waals surface area contributed by atoms with E-state index in [-0.39, 0.29) is 17.6 Å². The zero-order chi connectivity index (χ0) is 23.9. The third-order valence-corrected chi connectivity index (χ3v) is 5.38. The third kappa shape index (κ3) is 9.51. The molecule has 1 heterocycles. The monoisotopic (exact) mass is 455 g/mol. The molecule has 7 heteroatoms. The van der Waals surface area contributed by atoms with E-state index in [1.165, 1.54) is 12.5 Å². The van der Waals surface area contributed by atoms with Crippen LogP contribution in [-0.4, -0.2) is 41.6 Å². The van der Waals surface area contributed by atoms with Gasteiger partial charge in [0.25, 0.3) is 0 Å². The number of hydrogen-bond acceptors (Lipinski definition) is 5. The predicted octanol–water partition coefficient (Wildman–Crippen LogP) is 4.81. The molecule has 0 atom stereocenters. The topological polar surface area (TPSA) is 101 Å². The van der Waals surface area contributed by atoms with Crippen LogP contribution in [0.2, 0.25) is 0 Å². The van der Waals surface area contributed by atoms with Crippen molar-refractivity contribution < 1.29 is 19.4 Å². The van der Waals surface area contributed by atoms with E-state index in [4.69, 9.17) is 4.74 Å². The summed E-state index contributed by atoms with van der Waals surface area (Å²) < 4.78 is 5.87. The molecule has 0 unspecified atom stereocenters. The van der Waals surface area contributed by atoms with E-state index in [1.54, 1.807) is 18.3 Å². The van der Waals surface area contributed by atoms with E-state index in [1.807, 2.05) is 19.2 Å². The van der Waals surface area contributed by atoms with Crippen molar-refractivity contribution in [1.29, 1.82) is 0 Å². The number of urea groups is 1. The number of phenolic OH excluding ortho intramolecular Hbond substituents is 1. The lowest BCUT2D eigenvalue weighted by Crippen LogP contribution is -2.36. The fourth-order valence-corrected chi connectivity index (χ4v) is 3.58. The smallest absolute Gasteiger partial charge is 0.314 e. The number of carbonyl (C=O) groups is 2. The summed E-state index contributed by atoms with van der Waals surface area (Å²) in [4.78, 5) is 27.6. The lowest BCUT2D eigenvalue weighted by Gasteiger charge is -2.14. The van der Waals surface area contributed by atoms with Crippen molar-refractivity contribution in [3.63, 3.8) is 0 Å². The van der Waals surface area contributed by atoms with Gasteiger partial charge in [0.2, 0.25) is 0 Å². The molecule has 2 amide bonds. The van der Waals surface area contributed by atoms with Crippen LogP contribution in [0.5, 0.6) is 11.5 Å². The van der Waals surface area contributed by atoms with Crippen LogP contribution in [0, 0.1) is 0 Å². The van der Waals surface area contributed by atoms with Crippen molar-refractivity contribution in [3.05, 3.63) is 53.3 Å². The molecule has 1 aromatic heterocycles. The number of phenols is 1. The molecule has 2 aromatic rings. The van der Waals surface area contributed by atoms with Crippen molar-refractivity contribution in [3.8, 4) is 11.5 Å². The molecule has 0 aliphatic heterocycles. The normalized spacial score (nSPS) is 10.6. The van der Waals surface area contributed by atoms with Crippen LogP contribution in [0.3, 0.4) is 0 Å².